The molecule has 5 heteroatoms. The van der Waals surface area contributed by atoms with Crippen LogP contribution in [0, 0.1) is 12.7 Å². The van der Waals surface area contributed by atoms with Crippen molar-refractivity contribution in [2.75, 3.05) is 0 Å². The van der Waals surface area contributed by atoms with Crippen LogP contribution in [0.2, 0.25) is 0 Å². The lowest BCUT2D eigenvalue weighted by molar-refractivity contribution is -0.114. The molecule has 0 aliphatic carbocycles. The van der Waals surface area contributed by atoms with E-state index >= 15 is 0 Å². The lowest BCUT2D eigenvalue weighted by Crippen LogP contribution is -2.28. The van der Waals surface area contributed by atoms with Crippen molar-refractivity contribution >= 4 is 17.6 Å². The largest absolute Gasteiger partial charge is 0.301 e. The van der Waals surface area contributed by atoms with Gasteiger partial charge < -0.3 is 4.79 Å². The fraction of sp³-hybridized carbons (Fsp3) is 0.333. The molecule has 17 heavy (non-hydrogen) atoms. The van der Waals surface area contributed by atoms with Gasteiger partial charge in [-0.05, 0) is 37.8 Å². The van der Waals surface area contributed by atoms with Crippen LogP contribution >= 0.6 is 11.3 Å². The van der Waals surface area contributed by atoms with Crippen molar-refractivity contribution in [2.24, 2.45) is 0 Å². The maximum absolute atomic E-state index is 13.5. The summed E-state index contributed by atoms with van der Waals surface area (Å²) in [6.45, 7) is 5.39. The van der Waals surface area contributed by atoms with Crippen molar-refractivity contribution in [1.82, 2.24) is 9.78 Å². The number of nitrogens with zero attached hydrogens (tertiary/aromatic N) is 2. The Hall–Kier alpha value is -1.49. The Balaban J connectivity index is 2.52. The molecule has 0 unspecified atom stereocenters. The monoisotopic (exact) mass is 252 g/mol. The minimum absolute atomic E-state index is 0.271. The van der Waals surface area contributed by atoms with Crippen molar-refractivity contribution in [2.45, 2.75) is 26.3 Å². The minimum atomic E-state index is -0.712. The minimum Gasteiger partial charge on any atom is -0.301 e. The summed E-state index contributed by atoms with van der Waals surface area (Å²) in [5.41, 5.74) is 0.755. The number of aryl methyl sites for hydroxylation is 1. The van der Waals surface area contributed by atoms with Crippen molar-refractivity contribution in [3.8, 4) is 10.6 Å². The van der Waals surface area contributed by atoms with Crippen molar-refractivity contribution in [1.29, 1.82) is 0 Å². The number of halogens is 1. The normalized spacial score (nSPS) is 11.8. The number of carbonyl (C=O) groups excluding carboxylic acids is 1. The van der Waals surface area contributed by atoms with Crippen LogP contribution in [0.5, 0.6) is 0 Å². The van der Waals surface area contributed by atoms with Crippen LogP contribution in [0.15, 0.2) is 17.6 Å². The topological polar surface area (TPSA) is 34.9 Å². The predicted molar refractivity (Wildman–Crippen MR) is 65.6 cm³/mol. The average molecular weight is 252 g/mol. The van der Waals surface area contributed by atoms with E-state index in [-0.39, 0.29) is 5.82 Å². The second-order valence-electron chi connectivity index (χ2n) is 4.47. The summed E-state index contributed by atoms with van der Waals surface area (Å²) in [6, 6.07) is 1.42. The van der Waals surface area contributed by atoms with E-state index in [0.717, 1.165) is 11.8 Å². The zero-order valence-corrected chi connectivity index (χ0v) is 10.7. The summed E-state index contributed by atoms with van der Waals surface area (Å²) < 4.78 is 15.1. The first-order valence-electron chi connectivity index (χ1n) is 5.22. The molecular weight excluding hydrogens is 239 g/mol. The van der Waals surface area contributed by atoms with Gasteiger partial charge in [-0.25, -0.2) is 4.39 Å². The third-order valence-electron chi connectivity index (χ3n) is 2.61. The number of carbonyl (C=O) groups is 1. The lowest BCUT2D eigenvalue weighted by Gasteiger charge is -2.17. The molecule has 0 radical (unpaired) electrons. The molecule has 2 rings (SSSR count). The van der Waals surface area contributed by atoms with Crippen LogP contribution in [0.25, 0.3) is 10.6 Å². The second kappa shape index (κ2) is 4.07. The molecule has 0 aliphatic rings. The van der Waals surface area contributed by atoms with E-state index in [9.17, 15) is 9.18 Å². The molecule has 0 spiro atoms. The highest BCUT2D eigenvalue weighted by Crippen LogP contribution is 2.30. The zero-order chi connectivity index (χ0) is 12.6. The van der Waals surface area contributed by atoms with Gasteiger partial charge in [0.25, 0.3) is 0 Å². The third-order valence-corrected chi connectivity index (χ3v) is 3.50. The molecule has 90 valence electrons. The van der Waals surface area contributed by atoms with Gasteiger partial charge in [0.15, 0.2) is 0 Å². The quantitative estimate of drug-likeness (QED) is 0.787. The van der Waals surface area contributed by atoms with Crippen LogP contribution in [0.3, 0.4) is 0 Å². The summed E-state index contributed by atoms with van der Waals surface area (Å²) in [6.07, 6.45) is 2.59. The van der Waals surface area contributed by atoms with Crippen molar-refractivity contribution < 1.29 is 9.18 Å². The SMILES string of the molecule is Cc1cn(C(C)(C)C=O)nc1-c1sccc1F. The first-order valence-corrected chi connectivity index (χ1v) is 6.10. The molecule has 2 aromatic heterocycles. The third kappa shape index (κ3) is 2.02. The van der Waals surface area contributed by atoms with E-state index in [0.29, 0.717) is 10.6 Å². The molecule has 0 bridgehead atoms. The first-order chi connectivity index (χ1) is 7.95. The fourth-order valence-electron chi connectivity index (χ4n) is 1.50. The Morgan fingerprint density at radius 1 is 1.53 bits per heavy atom. The second-order valence-corrected chi connectivity index (χ2v) is 5.39. The van der Waals surface area contributed by atoms with E-state index in [1.165, 1.54) is 17.4 Å². The van der Waals surface area contributed by atoms with Crippen LogP contribution in [-0.4, -0.2) is 16.1 Å². The lowest BCUT2D eigenvalue weighted by atomic mass is 10.1. The first kappa shape index (κ1) is 12.0. The summed E-state index contributed by atoms with van der Waals surface area (Å²) in [5, 5.41) is 6.00. The van der Waals surface area contributed by atoms with Gasteiger partial charge >= 0.3 is 0 Å². The van der Waals surface area contributed by atoms with Crippen LogP contribution in [0.1, 0.15) is 19.4 Å². The highest BCUT2D eigenvalue weighted by molar-refractivity contribution is 7.13. The maximum Gasteiger partial charge on any atom is 0.147 e. The Labute approximate surface area is 103 Å². The highest BCUT2D eigenvalue weighted by Gasteiger charge is 2.23. The highest BCUT2D eigenvalue weighted by atomic mass is 32.1. The van der Waals surface area contributed by atoms with Crippen LogP contribution in [0.4, 0.5) is 4.39 Å². The van der Waals surface area contributed by atoms with Gasteiger partial charge in [0.1, 0.15) is 23.3 Å². The van der Waals surface area contributed by atoms with Crippen LogP contribution in [-0.2, 0) is 10.3 Å². The number of hydrogen-bond acceptors (Lipinski definition) is 3. The van der Waals surface area contributed by atoms with E-state index in [4.69, 9.17) is 0 Å². The standard InChI is InChI=1S/C12H13FN2OS/c1-8-6-15(12(2,3)7-16)14-10(8)11-9(13)4-5-17-11/h4-7H,1-3H3. The summed E-state index contributed by atoms with van der Waals surface area (Å²) in [4.78, 5) is 11.5. The number of aldehydes is 1. The Morgan fingerprint density at radius 2 is 2.24 bits per heavy atom. The average Bonchev–Trinajstić information content (AvgIpc) is 2.85. The molecule has 0 fully saturated rings. The molecule has 0 amide bonds. The van der Waals surface area contributed by atoms with Gasteiger partial charge in [-0.1, -0.05) is 0 Å². The van der Waals surface area contributed by atoms with Crippen molar-refractivity contribution in [3.05, 3.63) is 29.0 Å². The van der Waals surface area contributed by atoms with E-state index in [1.54, 1.807) is 30.1 Å². The number of thiophene rings is 1. The fourth-order valence-corrected chi connectivity index (χ4v) is 2.31. The Bertz CT molecular complexity index is 557. The summed E-state index contributed by atoms with van der Waals surface area (Å²) in [7, 11) is 0. The van der Waals surface area contributed by atoms with Crippen LogP contribution < -0.4 is 0 Å². The van der Waals surface area contributed by atoms with E-state index < -0.39 is 5.54 Å². The number of aromatic nitrogens is 2. The molecule has 0 saturated heterocycles. The molecule has 0 aliphatic heterocycles. The van der Waals surface area contributed by atoms with E-state index in [2.05, 4.69) is 5.10 Å². The van der Waals surface area contributed by atoms with Gasteiger partial charge in [0, 0.05) is 6.20 Å². The van der Waals surface area contributed by atoms with Gasteiger partial charge in [-0.3, -0.25) is 4.68 Å². The molecule has 3 nitrogen and oxygen atoms in total. The Morgan fingerprint density at radius 3 is 2.76 bits per heavy atom. The molecule has 0 atom stereocenters. The number of rotatable bonds is 3. The molecule has 0 aromatic carbocycles. The van der Waals surface area contributed by atoms with Gasteiger partial charge in [0.05, 0.1) is 4.88 Å². The smallest absolute Gasteiger partial charge is 0.147 e. The summed E-state index contributed by atoms with van der Waals surface area (Å²) >= 11 is 1.31. The van der Waals surface area contributed by atoms with Gasteiger partial charge in [-0.2, -0.15) is 5.10 Å². The predicted octanol–water partition coefficient (Wildman–Crippen LogP) is 2.99. The van der Waals surface area contributed by atoms with Gasteiger partial charge in [-0.15, -0.1) is 11.3 Å². The Kier molecular flexibility index (Phi) is 2.87. The van der Waals surface area contributed by atoms with E-state index in [1.807, 2.05) is 6.92 Å². The van der Waals surface area contributed by atoms with Gasteiger partial charge in [0.2, 0.25) is 0 Å². The maximum atomic E-state index is 13.5. The molecule has 0 N–H and O–H groups in total. The number of hydrogen-bond donors (Lipinski definition) is 0. The molecule has 2 aromatic rings. The van der Waals surface area contributed by atoms with Crippen molar-refractivity contribution in [3.63, 3.8) is 0 Å². The summed E-state index contributed by atoms with van der Waals surface area (Å²) in [5.74, 6) is -0.271. The molecule has 0 saturated carbocycles. The zero-order valence-electron chi connectivity index (χ0n) is 9.90. The molecule has 2 heterocycles. The molecular formula is C12H13FN2OS.